The molecule has 4 heteroatoms. The highest BCUT2D eigenvalue weighted by molar-refractivity contribution is 9.10. The summed E-state index contributed by atoms with van der Waals surface area (Å²) in [5.41, 5.74) is 2.68. The standard InChI is InChI=1S/C15H22Br2N2/c1-3-19-8-4-5-14(19)11-18(2)15-9-13(17)7-6-12(15)10-16/h6-7,9,14H,3-5,8,10-11H2,1-2H3. The summed E-state index contributed by atoms with van der Waals surface area (Å²) < 4.78 is 1.15. The number of hydrogen-bond donors (Lipinski definition) is 0. The van der Waals surface area contributed by atoms with Crippen LogP contribution in [0.25, 0.3) is 0 Å². The van der Waals surface area contributed by atoms with E-state index in [0.29, 0.717) is 6.04 Å². The average molecular weight is 390 g/mol. The molecule has 0 aliphatic carbocycles. The maximum absolute atomic E-state index is 3.59. The van der Waals surface area contributed by atoms with Gasteiger partial charge in [-0.25, -0.2) is 0 Å². The highest BCUT2D eigenvalue weighted by Crippen LogP contribution is 2.28. The van der Waals surface area contributed by atoms with Gasteiger partial charge in [0.25, 0.3) is 0 Å². The molecule has 0 spiro atoms. The summed E-state index contributed by atoms with van der Waals surface area (Å²) in [5, 5.41) is 0.905. The number of likely N-dealkylation sites (tertiary alicyclic amines) is 1. The van der Waals surface area contributed by atoms with Gasteiger partial charge in [-0.3, -0.25) is 4.90 Å². The molecule has 0 saturated carbocycles. The van der Waals surface area contributed by atoms with E-state index in [2.05, 4.69) is 73.8 Å². The third kappa shape index (κ3) is 3.73. The highest BCUT2D eigenvalue weighted by Gasteiger charge is 2.24. The second kappa shape index (κ2) is 7.09. The van der Waals surface area contributed by atoms with Gasteiger partial charge in [-0.1, -0.05) is 44.8 Å². The molecule has 1 aromatic rings. The van der Waals surface area contributed by atoms with Crippen molar-refractivity contribution in [2.24, 2.45) is 0 Å². The van der Waals surface area contributed by atoms with Crippen molar-refractivity contribution in [3.05, 3.63) is 28.2 Å². The number of nitrogens with zero attached hydrogens (tertiary/aromatic N) is 2. The second-order valence-electron chi connectivity index (χ2n) is 5.21. The van der Waals surface area contributed by atoms with Crippen molar-refractivity contribution in [1.29, 1.82) is 0 Å². The predicted octanol–water partition coefficient (Wildman–Crippen LogP) is 4.26. The molecule has 0 amide bonds. The summed E-state index contributed by atoms with van der Waals surface area (Å²) in [6.45, 7) is 5.81. The summed E-state index contributed by atoms with van der Waals surface area (Å²) >= 11 is 7.17. The van der Waals surface area contributed by atoms with Crippen molar-refractivity contribution in [3.8, 4) is 0 Å². The first-order valence-electron chi connectivity index (χ1n) is 6.95. The van der Waals surface area contributed by atoms with E-state index in [9.17, 15) is 0 Å². The molecule has 19 heavy (non-hydrogen) atoms. The molecule has 1 aromatic carbocycles. The van der Waals surface area contributed by atoms with E-state index < -0.39 is 0 Å². The molecule has 0 aromatic heterocycles. The molecule has 1 unspecified atom stereocenters. The molecule has 2 rings (SSSR count). The Bertz CT molecular complexity index is 423. The minimum atomic E-state index is 0.706. The Morgan fingerprint density at radius 1 is 1.42 bits per heavy atom. The Morgan fingerprint density at radius 2 is 2.21 bits per heavy atom. The Morgan fingerprint density at radius 3 is 2.89 bits per heavy atom. The van der Waals surface area contributed by atoms with Crippen LogP contribution in [0.4, 0.5) is 5.69 Å². The molecule has 0 N–H and O–H groups in total. The van der Waals surface area contributed by atoms with Crippen LogP contribution in [0.5, 0.6) is 0 Å². The molecule has 1 aliphatic heterocycles. The number of hydrogen-bond acceptors (Lipinski definition) is 2. The Kier molecular flexibility index (Phi) is 5.72. The zero-order valence-corrected chi connectivity index (χ0v) is 14.9. The number of anilines is 1. The molecule has 1 atom stereocenters. The first kappa shape index (κ1) is 15.3. The Labute approximate surface area is 133 Å². The Balaban J connectivity index is 2.11. The fourth-order valence-corrected chi connectivity index (χ4v) is 3.76. The molecular formula is C15H22Br2N2. The smallest absolute Gasteiger partial charge is 0.0416 e. The molecule has 0 bridgehead atoms. The summed E-state index contributed by atoms with van der Waals surface area (Å²) in [6.07, 6.45) is 2.67. The number of likely N-dealkylation sites (N-methyl/N-ethyl adjacent to an activating group) is 2. The number of alkyl halides is 1. The summed E-state index contributed by atoms with van der Waals surface area (Å²) in [4.78, 5) is 5.00. The van der Waals surface area contributed by atoms with Gasteiger partial charge in [-0.05, 0) is 43.6 Å². The topological polar surface area (TPSA) is 6.48 Å². The Hall–Kier alpha value is -0.0600. The van der Waals surface area contributed by atoms with Crippen LogP contribution >= 0.6 is 31.9 Å². The van der Waals surface area contributed by atoms with E-state index >= 15 is 0 Å². The van der Waals surface area contributed by atoms with Gasteiger partial charge in [0.2, 0.25) is 0 Å². The lowest BCUT2D eigenvalue weighted by atomic mass is 10.1. The summed E-state index contributed by atoms with van der Waals surface area (Å²) in [5.74, 6) is 0. The van der Waals surface area contributed by atoms with Gasteiger partial charge in [0.1, 0.15) is 0 Å². The van der Waals surface area contributed by atoms with Gasteiger partial charge < -0.3 is 4.90 Å². The predicted molar refractivity (Wildman–Crippen MR) is 90.3 cm³/mol. The van der Waals surface area contributed by atoms with Crippen LogP contribution in [-0.4, -0.2) is 37.6 Å². The number of halogens is 2. The monoisotopic (exact) mass is 388 g/mol. The minimum Gasteiger partial charge on any atom is -0.373 e. The second-order valence-corrected chi connectivity index (χ2v) is 6.69. The third-order valence-corrected chi connectivity index (χ3v) is 5.09. The quantitative estimate of drug-likeness (QED) is 0.694. The summed E-state index contributed by atoms with van der Waals surface area (Å²) in [6, 6.07) is 7.23. The largest absolute Gasteiger partial charge is 0.373 e. The first-order chi connectivity index (χ1) is 9.15. The molecule has 1 saturated heterocycles. The van der Waals surface area contributed by atoms with E-state index in [1.807, 2.05) is 0 Å². The van der Waals surface area contributed by atoms with E-state index in [0.717, 1.165) is 16.3 Å². The molecule has 2 nitrogen and oxygen atoms in total. The SMILES string of the molecule is CCN1CCCC1CN(C)c1cc(Br)ccc1CBr. The van der Waals surface area contributed by atoms with Crippen LogP contribution in [0.1, 0.15) is 25.3 Å². The van der Waals surface area contributed by atoms with Crippen molar-refractivity contribution in [2.45, 2.75) is 31.1 Å². The maximum atomic E-state index is 3.59. The zero-order chi connectivity index (χ0) is 13.8. The van der Waals surface area contributed by atoms with Crippen molar-refractivity contribution >= 4 is 37.5 Å². The van der Waals surface area contributed by atoms with Crippen LogP contribution < -0.4 is 4.90 Å². The molecule has 1 heterocycles. The zero-order valence-electron chi connectivity index (χ0n) is 11.7. The average Bonchev–Trinajstić information content (AvgIpc) is 2.85. The first-order valence-corrected chi connectivity index (χ1v) is 8.86. The van der Waals surface area contributed by atoms with Gasteiger partial charge in [-0.2, -0.15) is 0 Å². The van der Waals surface area contributed by atoms with Crippen LogP contribution in [0.3, 0.4) is 0 Å². The van der Waals surface area contributed by atoms with E-state index in [1.54, 1.807) is 0 Å². The fourth-order valence-electron chi connectivity index (χ4n) is 2.94. The molecule has 1 aliphatic rings. The van der Waals surface area contributed by atoms with Gasteiger partial charge in [0.15, 0.2) is 0 Å². The van der Waals surface area contributed by atoms with Crippen molar-refractivity contribution in [2.75, 3.05) is 31.6 Å². The lowest BCUT2D eigenvalue weighted by Crippen LogP contribution is -2.39. The van der Waals surface area contributed by atoms with Gasteiger partial charge in [-0.15, -0.1) is 0 Å². The fraction of sp³-hybridized carbons (Fsp3) is 0.600. The van der Waals surface area contributed by atoms with Crippen LogP contribution in [0, 0.1) is 0 Å². The van der Waals surface area contributed by atoms with Crippen molar-refractivity contribution in [3.63, 3.8) is 0 Å². The third-order valence-electron chi connectivity index (χ3n) is 3.99. The van der Waals surface area contributed by atoms with Crippen molar-refractivity contribution in [1.82, 2.24) is 4.90 Å². The lowest BCUT2D eigenvalue weighted by Gasteiger charge is -2.30. The maximum Gasteiger partial charge on any atom is 0.0416 e. The van der Waals surface area contributed by atoms with Gasteiger partial charge in [0, 0.05) is 35.1 Å². The normalized spacial score (nSPS) is 19.9. The highest BCUT2D eigenvalue weighted by atomic mass is 79.9. The lowest BCUT2D eigenvalue weighted by molar-refractivity contribution is 0.270. The van der Waals surface area contributed by atoms with E-state index in [-0.39, 0.29) is 0 Å². The number of rotatable bonds is 5. The van der Waals surface area contributed by atoms with Crippen LogP contribution in [0.2, 0.25) is 0 Å². The molecule has 1 fully saturated rings. The van der Waals surface area contributed by atoms with Crippen LogP contribution in [0.15, 0.2) is 22.7 Å². The number of benzene rings is 1. The van der Waals surface area contributed by atoms with E-state index in [1.165, 1.54) is 37.2 Å². The van der Waals surface area contributed by atoms with Gasteiger partial charge >= 0.3 is 0 Å². The van der Waals surface area contributed by atoms with E-state index in [4.69, 9.17) is 0 Å². The van der Waals surface area contributed by atoms with Gasteiger partial charge in [0.05, 0.1) is 0 Å². The summed E-state index contributed by atoms with van der Waals surface area (Å²) in [7, 11) is 2.21. The molecule has 106 valence electrons. The van der Waals surface area contributed by atoms with Crippen molar-refractivity contribution < 1.29 is 0 Å². The molecular weight excluding hydrogens is 368 g/mol. The minimum absolute atomic E-state index is 0.706. The van der Waals surface area contributed by atoms with Crippen LogP contribution in [-0.2, 0) is 5.33 Å². The molecule has 0 radical (unpaired) electrons.